The van der Waals surface area contributed by atoms with Crippen LogP contribution >= 0.6 is 35.3 Å². The first-order valence-corrected chi connectivity index (χ1v) is 8.47. The van der Waals surface area contributed by atoms with Gasteiger partial charge in [-0.05, 0) is 6.42 Å². The Morgan fingerprint density at radius 1 is 1.24 bits per heavy atom. The quantitative estimate of drug-likeness (QED) is 0.296. The van der Waals surface area contributed by atoms with E-state index in [0.717, 1.165) is 23.1 Å². The summed E-state index contributed by atoms with van der Waals surface area (Å²) in [6.45, 7) is 3.45. The van der Waals surface area contributed by atoms with Gasteiger partial charge in [0.2, 0.25) is 5.91 Å². The van der Waals surface area contributed by atoms with Crippen LogP contribution in [-0.2, 0) is 17.4 Å². The first kappa shape index (κ1) is 23.9. The number of hydrogen-bond donors (Lipinski definition) is 3. The van der Waals surface area contributed by atoms with Gasteiger partial charge in [0.05, 0.1) is 5.01 Å². The number of hydrogen-bond acceptors (Lipinski definition) is 4. The maximum atomic E-state index is 12.5. The third-order valence-corrected chi connectivity index (χ3v) is 3.82. The molecule has 0 fully saturated rings. The number of carbonyl (C=O) groups excluding carboxylic acids is 1. The normalized spacial score (nSPS) is 11.6. The molecule has 0 spiro atoms. The number of nitrogens with zero attached hydrogens (tertiary/aromatic N) is 2. The lowest BCUT2D eigenvalue weighted by Crippen LogP contribution is -2.40. The Bertz CT molecular complexity index is 551. The topological polar surface area (TPSA) is 78.4 Å². The van der Waals surface area contributed by atoms with Gasteiger partial charge in [-0.25, -0.2) is 4.98 Å². The van der Waals surface area contributed by atoms with Crippen LogP contribution < -0.4 is 16.0 Å². The van der Waals surface area contributed by atoms with Gasteiger partial charge in [-0.2, -0.15) is 13.2 Å². The van der Waals surface area contributed by atoms with Gasteiger partial charge in [0.25, 0.3) is 0 Å². The molecule has 1 heterocycles. The van der Waals surface area contributed by atoms with E-state index in [0.29, 0.717) is 43.4 Å². The van der Waals surface area contributed by atoms with Crippen molar-refractivity contribution in [3.05, 3.63) is 16.1 Å². The number of thiazole rings is 1. The van der Waals surface area contributed by atoms with Crippen LogP contribution in [0, 0.1) is 0 Å². The highest BCUT2D eigenvalue weighted by molar-refractivity contribution is 14.0. The summed E-state index contributed by atoms with van der Waals surface area (Å²) in [5.74, 6) is 0.452. The molecule has 0 radical (unpaired) electrons. The molecule has 144 valence electrons. The van der Waals surface area contributed by atoms with E-state index in [9.17, 15) is 18.0 Å². The van der Waals surface area contributed by atoms with Crippen molar-refractivity contribution < 1.29 is 18.0 Å². The second-order valence-electron chi connectivity index (χ2n) is 4.90. The standard InChI is InChI=1S/C14H22F3N5OS.HI/c1-3-6-19-11(23)4-7-20-13(18-2)21-8-5-12-22-10(9-24-12)14(15,16)17;/h9H,3-8H2,1-2H3,(H,19,23)(H2,18,20,21);1H. The Balaban J connectivity index is 0.00000576. The molecule has 1 amide bonds. The number of rotatable bonds is 8. The lowest BCUT2D eigenvalue weighted by molar-refractivity contribution is -0.140. The maximum Gasteiger partial charge on any atom is 0.434 e. The van der Waals surface area contributed by atoms with Crippen LogP contribution in [0.5, 0.6) is 0 Å². The molecule has 0 aliphatic heterocycles. The number of nitrogens with one attached hydrogen (secondary N) is 3. The van der Waals surface area contributed by atoms with E-state index in [-0.39, 0.29) is 29.9 Å². The van der Waals surface area contributed by atoms with Gasteiger partial charge < -0.3 is 16.0 Å². The van der Waals surface area contributed by atoms with Gasteiger partial charge in [0, 0.05) is 44.9 Å². The zero-order valence-corrected chi connectivity index (χ0v) is 17.2. The summed E-state index contributed by atoms with van der Waals surface area (Å²) in [5, 5.41) is 10.1. The third kappa shape index (κ3) is 9.82. The van der Waals surface area contributed by atoms with Crippen LogP contribution in [0.2, 0.25) is 0 Å². The molecule has 25 heavy (non-hydrogen) atoms. The third-order valence-electron chi connectivity index (χ3n) is 2.91. The predicted octanol–water partition coefficient (Wildman–Crippen LogP) is 2.40. The molecule has 0 bridgehead atoms. The van der Waals surface area contributed by atoms with Crippen molar-refractivity contribution in [1.29, 1.82) is 0 Å². The molecule has 1 aromatic rings. The van der Waals surface area contributed by atoms with Crippen LogP contribution in [0.1, 0.15) is 30.5 Å². The largest absolute Gasteiger partial charge is 0.434 e. The van der Waals surface area contributed by atoms with Gasteiger partial charge in [-0.3, -0.25) is 9.79 Å². The molecular weight excluding hydrogens is 470 g/mol. The van der Waals surface area contributed by atoms with E-state index in [4.69, 9.17) is 0 Å². The van der Waals surface area contributed by atoms with Gasteiger partial charge >= 0.3 is 6.18 Å². The Hall–Kier alpha value is -1.11. The zero-order valence-electron chi connectivity index (χ0n) is 14.1. The number of carbonyl (C=O) groups is 1. The van der Waals surface area contributed by atoms with Crippen LogP contribution in [0.25, 0.3) is 0 Å². The van der Waals surface area contributed by atoms with Crippen molar-refractivity contribution in [1.82, 2.24) is 20.9 Å². The fourth-order valence-corrected chi connectivity index (χ4v) is 2.52. The van der Waals surface area contributed by atoms with E-state index in [1.54, 1.807) is 7.05 Å². The number of halogens is 4. The summed E-state index contributed by atoms with van der Waals surface area (Å²) in [5.41, 5.74) is -0.858. The molecule has 0 aliphatic rings. The number of amides is 1. The second kappa shape index (κ2) is 12.3. The maximum absolute atomic E-state index is 12.5. The average molecular weight is 493 g/mol. The van der Waals surface area contributed by atoms with Gasteiger partial charge in [-0.15, -0.1) is 35.3 Å². The van der Waals surface area contributed by atoms with E-state index in [2.05, 4.69) is 25.9 Å². The smallest absolute Gasteiger partial charge is 0.356 e. The fraction of sp³-hybridized carbons (Fsp3) is 0.643. The van der Waals surface area contributed by atoms with Crippen LogP contribution in [0.15, 0.2) is 10.4 Å². The summed E-state index contributed by atoms with van der Waals surface area (Å²) < 4.78 is 37.4. The van der Waals surface area contributed by atoms with E-state index < -0.39 is 11.9 Å². The second-order valence-corrected chi connectivity index (χ2v) is 5.84. The Morgan fingerprint density at radius 3 is 2.48 bits per heavy atom. The van der Waals surface area contributed by atoms with Gasteiger partial charge in [0.1, 0.15) is 0 Å². The monoisotopic (exact) mass is 493 g/mol. The van der Waals surface area contributed by atoms with E-state index in [1.807, 2.05) is 6.92 Å². The molecule has 0 aliphatic carbocycles. The Morgan fingerprint density at radius 2 is 1.92 bits per heavy atom. The molecule has 6 nitrogen and oxygen atoms in total. The minimum absolute atomic E-state index is 0. The molecular formula is C14H23F3IN5OS. The summed E-state index contributed by atoms with van der Waals surface area (Å²) in [7, 11) is 1.58. The molecule has 3 N–H and O–H groups in total. The number of aliphatic imine (C=N–C) groups is 1. The fourth-order valence-electron chi connectivity index (χ4n) is 1.71. The van der Waals surface area contributed by atoms with Crippen LogP contribution in [-0.4, -0.2) is 43.5 Å². The molecule has 0 aromatic carbocycles. The molecule has 0 saturated heterocycles. The van der Waals surface area contributed by atoms with Crippen molar-refractivity contribution >= 4 is 47.2 Å². The first-order chi connectivity index (χ1) is 11.4. The Labute approximate surface area is 166 Å². The highest BCUT2D eigenvalue weighted by Crippen LogP contribution is 2.29. The lowest BCUT2D eigenvalue weighted by Gasteiger charge is -2.11. The van der Waals surface area contributed by atoms with Crippen molar-refractivity contribution in [3.8, 4) is 0 Å². The average Bonchev–Trinajstić information content (AvgIpc) is 3.00. The van der Waals surface area contributed by atoms with Crippen LogP contribution in [0.4, 0.5) is 13.2 Å². The summed E-state index contributed by atoms with van der Waals surface area (Å²) in [6.07, 6.45) is -2.84. The van der Waals surface area contributed by atoms with Crippen molar-refractivity contribution in [2.75, 3.05) is 26.7 Å². The number of aromatic nitrogens is 1. The summed E-state index contributed by atoms with van der Waals surface area (Å²) in [4.78, 5) is 19.0. The first-order valence-electron chi connectivity index (χ1n) is 7.59. The molecule has 0 atom stereocenters. The van der Waals surface area contributed by atoms with Crippen molar-refractivity contribution in [3.63, 3.8) is 0 Å². The SMILES string of the molecule is CCCNC(=O)CCNC(=NC)NCCc1nc(C(F)(F)F)cs1.I. The summed E-state index contributed by atoms with van der Waals surface area (Å²) >= 11 is 0.981. The van der Waals surface area contributed by atoms with Crippen LogP contribution in [0.3, 0.4) is 0 Å². The predicted molar refractivity (Wildman–Crippen MR) is 104 cm³/mol. The number of alkyl halides is 3. The van der Waals surface area contributed by atoms with Gasteiger partial charge in [0.15, 0.2) is 11.7 Å². The highest BCUT2D eigenvalue weighted by atomic mass is 127. The Kier molecular flexibility index (Phi) is 11.7. The molecule has 0 unspecified atom stereocenters. The molecule has 1 rings (SSSR count). The number of guanidine groups is 1. The lowest BCUT2D eigenvalue weighted by atomic mass is 10.3. The highest BCUT2D eigenvalue weighted by Gasteiger charge is 2.33. The molecule has 1 aromatic heterocycles. The zero-order chi connectivity index (χ0) is 18.0. The van der Waals surface area contributed by atoms with Crippen molar-refractivity contribution in [2.24, 2.45) is 4.99 Å². The minimum atomic E-state index is -4.40. The minimum Gasteiger partial charge on any atom is -0.356 e. The molecule has 0 saturated carbocycles. The van der Waals surface area contributed by atoms with E-state index in [1.165, 1.54) is 0 Å². The van der Waals surface area contributed by atoms with Crippen molar-refractivity contribution in [2.45, 2.75) is 32.4 Å². The summed E-state index contributed by atoms with van der Waals surface area (Å²) in [6, 6.07) is 0. The van der Waals surface area contributed by atoms with E-state index >= 15 is 0 Å². The van der Waals surface area contributed by atoms with Gasteiger partial charge in [-0.1, -0.05) is 6.92 Å². The molecule has 11 heteroatoms.